The number of rotatable bonds is 6. The lowest BCUT2D eigenvalue weighted by molar-refractivity contribution is 0.663. The number of hydrogen-bond acceptors (Lipinski definition) is 0. The number of hydrogen-bond donors (Lipinski definition) is 0. The van der Waals surface area contributed by atoms with Gasteiger partial charge in [0, 0.05) is 19.8 Å². The Morgan fingerprint density at radius 3 is 2.08 bits per heavy atom. The van der Waals surface area contributed by atoms with Gasteiger partial charge >= 0.3 is 0 Å². The zero-order valence-corrected chi connectivity index (χ0v) is 13.4. The summed E-state index contributed by atoms with van der Waals surface area (Å²) in [5.74, 6) is 0. The predicted molar refractivity (Wildman–Crippen MR) is 71.5 cm³/mol. The number of halogens is 4. The van der Waals surface area contributed by atoms with E-state index in [0.717, 1.165) is 5.33 Å². The number of alkyl halides is 4. The summed E-state index contributed by atoms with van der Waals surface area (Å²) < 4.78 is 0. The SMILES string of the molecule is CC(Br)C(Br)CCCC(Br)CBr. The Labute approximate surface area is 109 Å². The summed E-state index contributed by atoms with van der Waals surface area (Å²) in [6.07, 6.45) is 3.75. The van der Waals surface area contributed by atoms with E-state index in [4.69, 9.17) is 0 Å². The summed E-state index contributed by atoms with van der Waals surface area (Å²) in [5, 5.41) is 1.05. The minimum atomic E-state index is 0.565. The van der Waals surface area contributed by atoms with Gasteiger partial charge in [0.05, 0.1) is 0 Å². The second kappa shape index (κ2) is 8.25. The molecule has 0 N–H and O–H groups in total. The van der Waals surface area contributed by atoms with Crippen LogP contribution < -0.4 is 0 Å². The minimum absolute atomic E-state index is 0.565. The third-order valence-corrected chi connectivity index (χ3v) is 6.69. The van der Waals surface area contributed by atoms with Crippen molar-refractivity contribution in [3.8, 4) is 0 Å². The van der Waals surface area contributed by atoms with Crippen molar-refractivity contribution in [1.29, 1.82) is 0 Å². The molecular weight excluding hydrogens is 416 g/mol. The van der Waals surface area contributed by atoms with Crippen LogP contribution in [0.4, 0.5) is 0 Å². The van der Waals surface area contributed by atoms with E-state index >= 15 is 0 Å². The Kier molecular flexibility index (Phi) is 9.57. The van der Waals surface area contributed by atoms with Gasteiger partial charge in [-0.1, -0.05) is 77.1 Å². The van der Waals surface area contributed by atoms with E-state index in [1.807, 2.05) is 0 Å². The van der Waals surface area contributed by atoms with Crippen LogP contribution in [0.3, 0.4) is 0 Å². The van der Waals surface area contributed by atoms with Crippen LogP contribution in [0, 0.1) is 0 Å². The maximum absolute atomic E-state index is 3.64. The zero-order valence-electron chi connectivity index (χ0n) is 7.07. The molecule has 0 aromatic heterocycles. The van der Waals surface area contributed by atoms with Crippen LogP contribution in [0.2, 0.25) is 0 Å². The van der Waals surface area contributed by atoms with Gasteiger partial charge in [0.1, 0.15) is 0 Å². The van der Waals surface area contributed by atoms with Gasteiger partial charge in [-0.3, -0.25) is 0 Å². The molecule has 3 unspecified atom stereocenters. The van der Waals surface area contributed by atoms with Crippen LogP contribution in [0.1, 0.15) is 26.2 Å². The Morgan fingerprint density at radius 1 is 1.08 bits per heavy atom. The van der Waals surface area contributed by atoms with Crippen molar-refractivity contribution in [1.82, 2.24) is 0 Å². The van der Waals surface area contributed by atoms with E-state index in [1.165, 1.54) is 19.3 Å². The fourth-order valence-electron chi connectivity index (χ4n) is 0.841. The van der Waals surface area contributed by atoms with Gasteiger partial charge in [-0.2, -0.15) is 0 Å². The highest BCUT2D eigenvalue weighted by Gasteiger charge is 2.10. The highest BCUT2D eigenvalue weighted by Crippen LogP contribution is 2.21. The normalized spacial score (nSPS) is 18.8. The van der Waals surface area contributed by atoms with Gasteiger partial charge < -0.3 is 0 Å². The quantitative estimate of drug-likeness (QED) is 0.529. The molecule has 3 atom stereocenters. The monoisotopic (exact) mass is 426 g/mol. The lowest BCUT2D eigenvalue weighted by Gasteiger charge is -2.12. The first-order valence-corrected chi connectivity index (χ1v) is 7.93. The zero-order chi connectivity index (χ0) is 9.56. The Balaban J connectivity index is 3.30. The van der Waals surface area contributed by atoms with E-state index < -0.39 is 0 Å². The lowest BCUT2D eigenvalue weighted by atomic mass is 10.1. The third-order valence-electron chi connectivity index (χ3n) is 1.66. The summed E-state index contributed by atoms with van der Waals surface area (Å²) in [6.45, 7) is 2.18. The molecule has 0 saturated carbocycles. The average Bonchev–Trinajstić information content (AvgIpc) is 2.03. The summed E-state index contributed by atoms with van der Waals surface area (Å²) in [4.78, 5) is 1.80. The smallest absolute Gasteiger partial charge is 0.0268 e. The van der Waals surface area contributed by atoms with Crippen LogP contribution in [-0.2, 0) is 0 Å². The molecule has 0 amide bonds. The highest BCUT2D eigenvalue weighted by molar-refractivity contribution is 9.12. The first kappa shape index (κ1) is 13.9. The lowest BCUT2D eigenvalue weighted by Crippen LogP contribution is -2.10. The van der Waals surface area contributed by atoms with Crippen molar-refractivity contribution < 1.29 is 0 Å². The molecule has 0 aromatic carbocycles. The van der Waals surface area contributed by atoms with Crippen molar-refractivity contribution >= 4 is 63.7 Å². The van der Waals surface area contributed by atoms with Crippen molar-refractivity contribution in [3.05, 3.63) is 0 Å². The molecule has 0 aliphatic rings. The van der Waals surface area contributed by atoms with Gasteiger partial charge in [0.25, 0.3) is 0 Å². The topological polar surface area (TPSA) is 0 Å². The molecule has 0 aliphatic heterocycles. The predicted octanol–water partition coefficient (Wildman–Crippen LogP) is 4.86. The summed E-state index contributed by atoms with van der Waals surface area (Å²) in [6, 6.07) is 0. The van der Waals surface area contributed by atoms with Crippen LogP contribution in [0.15, 0.2) is 0 Å². The first-order chi connectivity index (χ1) is 5.57. The molecule has 12 heavy (non-hydrogen) atoms. The molecule has 0 fully saturated rings. The van der Waals surface area contributed by atoms with Crippen LogP contribution in [0.5, 0.6) is 0 Å². The minimum Gasteiger partial charge on any atom is -0.0916 e. The molecular formula is C8H14Br4. The van der Waals surface area contributed by atoms with Gasteiger partial charge in [-0.05, 0) is 12.8 Å². The largest absolute Gasteiger partial charge is 0.0916 e. The molecule has 0 aromatic rings. The molecule has 74 valence electrons. The molecule has 0 aliphatic carbocycles. The van der Waals surface area contributed by atoms with E-state index in [9.17, 15) is 0 Å². The van der Waals surface area contributed by atoms with Gasteiger partial charge in [-0.15, -0.1) is 0 Å². The van der Waals surface area contributed by atoms with E-state index in [0.29, 0.717) is 14.5 Å². The Hall–Kier alpha value is 1.92. The van der Waals surface area contributed by atoms with Crippen molar-refractivity contribution in [3.63, 3.8) is 0 Å². The van der Waals surface area contributed by atoms with Crippen molar-refractivity contribution in [2.24, 2.45) is 0 Å². The van der Waals surface area contributed by atoms with Gasteiger partial charge in [0.15, 0.2) is 0 Å². The van der Waals surface area contributed by atoms with Crippen LogP contribution in [-0.4, -0.2) is 19.8 Å². The third kappa shape index (κ3) is 7.34. The molecule has 0 rings (SSSR count). The molecule has 0 spiro atoms. The standard InChI is InChI=1S/C8H14Br4/c1-6(10)8(12)4-2-3-7(11)5-9/h6-8H,2-5H2,1H3. The molecule has 0 heterocycles. The van der Waals surface area contributed by atoms with E-state index in [-0.39, 0.29) is 0 Å². The van der Waals surface area contributed by atoms with E-state index in [2.05, 4.69) is 70.6 Å². The molecule has 0 radical (unpaired) electrons. The average molecular weight is 430 g/mol. The second-order valence-corrected chi connectivity index (χ2v) is 7.44. The first-order valence-electron chi connectivity index (χ1n) is 4.06. The molecule has 0 nitrogen and oxygen atoms in total. The second-order valence-electron chi connectivity index (χ2n) is 2.88. The maximum Gasteiger partial charge on any atom is 0.0268 e. The Bertz CT molecular complexity index is 105. The Morgan fingerprint density at radius 2 is 1.67 bits per heavy atom. The van der Waals surface area contributed by atoms with Crippen molar-refractivity contribution in [2.45, 2.75) is 40.7 Å². The summed E-state index contributed by atoms with van der Waals surface area (Å²) in [7, 11) is 0. The summed E-state index contributed by atoms with van der Waals surface area (Å²) in [5.41, 5.74) is 0. The maximum atomic E-state index is 3.64. The highest BCUT2D eigenvalue weighted by atomic mass is 79.9. The summed E-state index contributed by atoms with van der Waals surface area (Å²) >= 11 is 14.2. The molecule has 4 heteroatoms. The van der Waals surface area contributed by atoms with Crippen molar-refractivity contribution in [2.75, 3.05) is 5.33 Å². The molecule has 0 bridgehead atoms. The van der Waals surface area contributed by atoms with E-state index in [1.54, 1.807) is 0 Å². The fourth-order valence-corrected chi connectivity index (χ4v) is 2.08. The van der Waals surface area contributed by atoms with Gasteiger partial charge in [-0.25, -0.2) is 0 Å². The van der Waals surface area contributed by atoms with Gasteiger partial charge in [0.2, 0.25) is 0 Å². The molecule has 0 saturated heterocycles. The van der Waals surface area contributed by atoms with Crippen LogP contribution >= 0.6 is 63.7 Å². The van der Waals surface area contributed by atoms with Crippen LogP contribution in [0.25, 0.3) is 0 Å². The fraction of sp³-hybridized carbons (Fsp3) is 1.00.